The summed E-state index contributed by atoms with van der Waals surface area (Å²) >= 11 is 1.98. The summed E-state index contributed by atoms with van der Waals surface area (Å²) in [4.78, 5) is 4.93. The summed E-state index contributed by atoms with van der Waals surface area (Å²) in [6, 6.07) is 0. The first-order valence-electron chi connectivity index (χ1n) is 9.14. The van der Waals surface area contributed by atoms with Crippen LogP contribution >= 0.6 is 11.8 Å². The largest absolute Gasteiger partial charge is 0.359 e. The fraction of sp³-hybridized carbons (Fsp3) is 0.944. The molecule has 0 bridgehead atoms. The zero-order valence-electron chi connectivity index (χ0n) is 13.9. The fourth-order valence-electron chi connectivity index (χ4n) is 4.21. The van der Waals surface area contributed by atoms with Crippen molar-refractivity contribution >= 4 is 16.9 Å². The Labute approximate surface area is 134 Å². The Morgan fingerprint density at radius 2 is 1.76 bits per heavy atom. The summed E-state index contributed by atoms with van der Waals surface area (Å²) in [5.74, 6) is 4.03. The number of aliphatic imine (C=N–C) groups is 1. The highest BCUT2D eigenvalue weighted by Crippen LogP contribution is 2.38. The number of thioether (sulfide) groups is 1. The molecule has 0 radical (unpaired) electrons. The van der Waals surface area contributed by atoms with Gasteiger partial charge < -0.3 is 5.32 Å². The minimum absolute atomic E-state index is 0.399. The van der Waals surface area contributed by atoms with Crippen LogP contribution in [0, 0.1) is 17.8 Å². The maximum absolute atomic E-state index is 4.93. The lowest BCUT2D eigenvalue weighted by Crippen LogP contribution is -2.46. The second kappa shape index (κ2) is 6.93. The molecule has 0 aromatic rings. The molecule has 3 heteroatoms. The van der Waals surface area contributed by atoms with E-state index in [-0.39, 0.29) is 0 Å². The predicted octanol–water partition coefficient (Wildman–Crippen LogP) is 4.84. The van der Waals surface area contributed by atoms with Crippen LogP contribution in [-0.4, -0.2) is 23.0 Å². The van der Waals surface area contributed by atoms with E-state index in [1.165, 1.54) is 68.7 Å². The molecule has 1 N–H and O–H groups in total. The molecule has 2 nitrogen and oxygen atoms in total. The van der Waals surface area contributed by atoms with Crippen molar-refractivity contribution < 1.29 is 0 Å². The van der Waals surface area contributed by atoms with E-state index < -0.39 is 0 Å². The number of hydrogen-bond donors (Lipinski definition) is 1. The quantitative estimate of drug-likeness (QED) is 0.806. The number of rotatable bonds is 3. The average molecular weight is 309 g/mol. The molecule has 1 spiro atoms. The van der Waals surface area contributed by atoms with Gasteiger partial charge in [0, 0.05) is 17.8 Å². The molecule has 3 aliphatic rings. The second-order valence-corrected chi connectivity index (χ2v) is 8.78. The third-order valence-electron chi connectivity index (χ3n) is 6.13. The molecular weight excluding hydrogens is 276 g/mol. The maximum Gasteiger partial charge on any atom is 0.157 e. The van der Waals surface area contributed by atoms with Gasteiger partial charge in [-0.15, -0.1) is 0 Å². The Balaban J connectivity index is 1.46. The van der Waals surface area contributed by atoms with Gasteiger partial charge in [0.15, 0.2) is 5.17 Å². The Morgan fingerprint density at radius 3 is 2.43 bits per heavy atom. The highest BCUT2D eigenvalue weighted by atomic mass is 32.2. The smallest absolute Gasteiger partial charge is 0.157 e. The highest BCUT2D eigenvalue weighted by molar-refractivity contribution is 8.14. The predicted molar refractivity (Wildman–Crippen MR) is 94.0 cm³/mol. The van der Waals surface area contributed by atoms with Crippen LogP contribution in [0.2, 0.25) is 0 Å². The normalized spacial score (nSPS) is 42.4. The lowest BCUT2D eigenvalue weighted by Gasteiger charge is -2.35. The molecule has 2 saturated carbocycles. The zero-order chi connectivity index (χ0) is 14.7. The number of nitrogens with one attached hydrogen (secondary N) is 1. The van der Waals surface area contributed by atoms with Gasteiger partial charge in [0.05, 0.1) is 0 Å². The lowest BCUT2D eigenvalue weighted by molar-refractivity contribution is 0.250. The minimum Gasteiger partial charge on any atom is -0.359 e. The van der Waals surface area contributed by atoms with Crippen LogP contribution in [0.5, 0.6) is 0 Å². The van der Waals surface area contributed by atoms with E-state index in [0.717, 1.165) is 24.3 Å². The first-order chi connectivity index (χ1) is 10.2. The van der Waals surface area contributed by atoms with Crippen molar-refractivity contribution in [1.29, 1.82) is 0 Å². The summed E-state index contributed by atoms with van der Waals surface area (Å²) in [5.41, 5.74) is 0.399. The van der Waals surface area contributed by atoms with Crippen molar-refractivity contribution in [3.63, 3.8) is 0 Å². The molecule has 0 aromatic carbocycles. The van der Waals surface area contributed by atoms with E-state index in [2.05, 4.69) is 19.2 Å². The zero-order valence-corrected chi connectivity index (χ0v) is 14.7. The molecular formula is C18H32N2S. The van der Waals surface area contributed by atoms with Gasteiger partial charge >= 0.3 is 0 Å². The van der Waals surface area contributed by atoms with Gasteiger partial charge in [-0.2, -0.15) is 0 Å². The van der Waals surface area contributed by atoms with Gasteiger partial charge in [0.1, 0.15) is 0 Å². The monoisotopic (exact) mass is 308 g/mol. The van der Waals surface area contributed by atoms with Crippen molar-refractivity contribution in [2.45, 2.75) is 77.2 Å². The van der Waals surface area contributed by atoms with Crippen molar-refractivity contribution in [2.24, 2.45) is 22.7 Å². The van der Waals surface area contributed by atoms with Gasteiger partial charge in [-0.25, -0.2) is 0 Å². The van der Waals surface area contributed by atoms with Gasteiger partial charge in [0.25, 0.3) is 0 Å². The molecule has 2 aliphatic carbocycles. The summed E-state index contributed by atoms with van der Waals surface area (Å²) in [7, 11) is 0. The van der Waals surface area contributed by atoms with E-state index in [1.807, 2.05) is 11.8 Å². The first-order valence-corrected chi connectivity index (χ1v) is 10.1. The third kappa shape index (κ3) is 3.97. The first kappa shape index (κ1) is 15.7. The Morgan fingerprint density at radius 1 is 1.10 bits per heavy atom. The molecule has 21 heavy (non-hydrogen) atoms. The van der Waals surface area contributed by atoms with Gasteiger partial charge in [-0.3, -0.25) is 4.99 Å². The molecule has 3 rings (SSSR count). The number of nitrogens with zero attached hydrogens (tertiary/aromatic N) is 1. The second-order valence-electron chi connectivity index (χ2n) is 7.82. The Hall–Kier alpha value is -0.180. The average Bonchev–Trinajstić information content (AvgIpc) is 2.92. The van der Waals surface area contributed by atoms with E-state index in [4.69, 9.17) is 4.99 Å². The van der Waals surface area contributed by atoms with E-state index >= 15 is 0 Å². The van der Waals surface area contributed by atoms with Crippen LogP contribution in [0.4, 0.5) is 0 Å². The van der Waals surface area contributed by atoms with E-state index in [1.54, 1.807) is 0 Å². The minimum atomic E-state index is 0.399. The maximum atomic E-state index is 4.93. The van der Waals surface area contributed by atoms with Gasteiger partial charge in [-0.1, -0.05) is 44.9 Å². The van der Waals surface area contributed by atoms with Crippen molar-refractivity contribution in [2.75, 3.05) is 12.3 Å². The SMILES string of the molecule is CCC1CCC(CN=C2NC3(CCC(C)CC3)CS2)CC1. The van der Waals surface area contributed by atoms with E-state index in [0.29, 0.717) is 5.54 Å². The molecule has 0 amide bonds. The lowest BCUT2D eigenvalue weighted by atomic mass is 9.78. The van der Waals surface area contributed by atoms with Gasteiger partial charge in [0.2, 0.25) is 0 Å². The van der Waals surface area contributed by atoms with E-state index in [9.17, 15) is 0 Å². The van der Waals surface area contributed by atoms with Crippen LogP contribution in [0.1, 0.15) is 71.6 Å². The topological polar surface area (TPSA) is 24.4 Å². The standard InChI is InChI=1S/C18H32N2S/c1-3-15-4-6-16(7-5-15)12-19-17-20-18(13-21-17)10-8-14(2)9-11-18/h14-16H,3-13H2,1-2H3,(H,19,20). The molecule has 3 fully saturated rings. The summed E-state index contributed by atoms with van der Waals surface area (Å²) in [6.45, 7) is 5.81. The number of amidine groups is 1. The van der Waals surface area contributed by atoms with Crippen molar-refractivity contribution in [3.8, 4) is 0 Å². The molecule has 1 heterocycles. The molecule has 0 atom stereocenters. The van der Waals surface area contributed by atoms with Crippen LogP contribution < -0.4 is 5.32 Å². The molecule has 1 saturated heterocycles. The fourth-order valence-corrected chi connectivity index (χ4v) is 5.44. The molecule has 1 aliphatic heterocycles. The summed E-state index contributed by atoms with van der Waals surface area (Å²) in [5, 5.41) is 5.05. The third-order valence-corrected chi connectivity index (χ3v) is 7.33. The van der Waals surface area contributed by atoms with Crippen molar-refractivity contribution in [1.82, 2.24) is 5.32 Å². The molecule has 0 aromatic heterocycles. The number of hydrogen-bond acceptors (Lipinski definition) is 2. The highest BCUT2D eigenvalue weighted by Gasteiger charge is 2.39. The van der Waals surface area contributed by atoms with Crippen LogP contribution in [-0.2, 0) is 0 Å². The molecule has 120 valence electrons. The van der Waals surface area contributed by atoms with Gasteiger partial charge in [-0.05, 0) is 56.3 Å². The Kier molecular flexibility index (Phi) is 5.19. The summed E-state index contributed by atoms with van der Waals surface area (Å²) in [6.07, 6.45) is 12.5. The summed E-state index contributed by atoms with van der Waals surface area (Å²) < 4.78 is 0. The Bertz CT molecular complexity index is 363. The van der Waals surface area contributed by atoms with Crippen molar-refractivity contribution in [3.05, 3.63) is 0 Å². The molecule has 0 unspecified atom stereocenters. The van der Waals surface area contributed by atoms with Crippen LogP contribution in [0.25, 0.3) is 0 Å². The van der Waals surface area contributed by atoms with Crippen LogP contribution in [0.3, 0.4) is 0 Å². The van der Waals surface area contributed by atoms with Crippen LogP contribution in [0.15, 0.2) is 4.99 Å².